The van der Waals surface area contributed by atoms with Gasteiger partial charge < -0.3 is 10.2 Å². The Hall–Kier alpha value is -2.68. The Morgan fingerprint density at radius 1 is 1.19 bits per heavy atom. The highest BCUT2D eigenvalue weighted by Gasteiger charge is 2.29. The minimum atomic E-state index is -3.92. The van der Waals surface area contributed by atoms with Gasteiger partial charge >= 0.3 is 0 Å². The maximum atomic E-state index is 13.6. The zero-order chi connectivity index (χ0) is 23.5. The van der Waals surface area contributed by atoms with Crippen molar-refractivity contribution in [2.45, 2.75) is 39.3 Å². The number of carbonyl (C=O) groups is 1. The highest BCUT2D eigenvalue weighted by atomic mass is 32.2. The third-order valence-electron chi connectivity index (χ3n) is 5.67. The van der Waals surface area contributed by atoms with Gasteiger partial charge in [-0.05, 0) is 55.5 Å². The maximum Gasteiger partial charge on any atom is 0.243 e. The largest absolute Gasteiger partial charge is 0.371 e. The molecule has 2 aromatic rings. The Kier molecular flexibility index (Phi) is 7.38. The predicted octanol–water partition coefficient (Wildman–Crippen LogP) is 3.67. The summed E-state index contributed by atoms with van der Waals surface area (Å²) in [5, 5.41) is 2.73. The average molecular weight is 466 g/mol. The number of nitrogens with zero attached hydrogens (tertiary/aromatic N) is 2. The summed E-state index contributed by atoms with van der Waals surface area (Å²) >= 11 is 0. The van der Waals surface area contributed by atoms with Crippen molar-refractivity contribution < 1.29 is 22.0 Å². The van der Waals surface area contributed by atoms with Crippen molar-refractivity contribution in [3.63, 3.8) is 0 Å². The molecule has 1 aliphatic heterocycles. The first-order valence-electron chi connectivity index (χ1n) is 10.6. The number of rotatable bonds is 7. The molecule has 1 heterocycles. The van der Waals surface area contributed by atoms with Crippen molar-refractivity contribution >= 4 is 27.3 Å². The Morgan fingerprint density at radius 2 is 1.88 bits per heavy atom. The van der Waals surface area contributed by atoms with E-state index in [1.807, 2.05) is 24.3 Å². The Morgan fingerprint density at radius 3 is 2.47 bits per heavy atom. The number of nitrogens with one attached hydrogen (secondary N) is 1. The van der Waals surface area contributed by atoms with Gasteiger partial charge in [0.2, 0.25) is 15.9 Å². The molecule has 2 atom stereocenters. The molecule has 0 bridgehead atoms. The summed E-state index contributed by atoms with van der Waals surface area (Å²) in [6.45, 7) is 5.92. The van der Waals surface area contributed by atoms with Crippen LogP contribution in [-0.4, -0.2) is 39.7 Å². The second-order valence-corrected chi connectivity index (χ2v) is 10.3. The van der Waals surface area contributed by atoms with Gasteiger partial charge in [-0.15, -0.1) is 0 Å². The van der Waals surface area contributed by atoms with E-state index < -0.39 is 33.6 Å². The highest BCUT2D eigenvalue weighted by Crippen LogP contribution is 2.24. The Labute approximate surface area is 188 Å². The first-order valence-corrected chi connectivity index (χ1v) is 12.5. The number of halogens is 2. The molecule has 0 radical (unpaired) electrons. The van der Waals surface area contributed by atoms with Crippen LogP contribution in [0, 0.1) is 17.6 Å². The van der Waals surface area contributed by atoms with Crippen molar-refractivity contribution in [3.8, 4) is 0 Å². The van der Waals surface area contributed by atoms with E-state index in [9.17, 15) is 22.0 Å². The summed E-state index contributed by atoms with van der Waals surface area (Å²) in [6.07, 6.45) is 3.33. The predicted molar refractivity (Wildman–Crippen MR) is 122 cm³/mol. The lowest BCUT2D eigenvalue weighted by molar-refractivity contribution is -0.122. The van der Waals surface area contributed by atoms with Crippen LogP contribution >= 0.6 is 0 Å². The molecule has 0 aromatic heterocycles. The van der Waals surface area contributed by atoms with Crippen LogP contribution < -0.4 is 14.5 Å². The van der Waals surface area contributed by atoms with Gasteiger partial charge in [0.25, 0.3) is 0 Å². The van der Waals surface area contributed by atoms with Crippen LogP contribution in [0.2, 0.25) is 0 Å². The van der Waals surface area contributed by atoms with Gasteiger partial charge in [-0.3, -0.25) is 9.10 Å². The normalized spacial score (nSPS) is 17.7. The molecule has 0 saturated carbocycles. The van der Waals surface area contributed by atoms with Gasteiger partial charge in [0.1, 0.15) is 6.04 Å². The molecule has 0 unspecified atom stereocenters. The molecule has 1 fully saturated rings. The molecule has 32 heavy (non-hydrogen) atoms. The highest BCUT2D eigenvalue weighted by molar-refractivity contribution is 7.92. The molecule has 0 aliphatic carbocycles. The van der Waals surface area contributed by atoms with Crippen molar-refractivity contribution in [1.29, 1.82) is 0 Å². The van der Waals surface area contributed by atoms with Gasteiger partial charge in [-0.1, -0.05) is 19.1 Å². The number of sulfonamides is 1. The van der Waals surface area contributed by atoms with Crippen molar-refractivity contribution in [3.05, 3.63) is 59.7 Å². The Bertz CT molecular complexity index is 1060. The number of hydrogen-bond donors (Lipinski definition) is 1. The molecule has 9 heteroatoms. The summed E-state index contributed by atoms with van der Waals surface area (Å²) < 4.78 is 52.3. The summed E-state index contributed by atoms with van der Waals surface area (Å²) in [4.78, 5) is 15.0. The SMILES string of the molecule is C[C@H]1CCCN(c2ccc(CNC(=O)[C@@H](C)N(c3ccc(F)c(F)c3)S(C)(=O)=O)cc2)C1. The lowest BCUT2D eigenvalue weighted by atomic mass is 9.99. The van der Waals surface area contributed by atoms with Gasteiger partial charge in [0, 0.05) is 31.4 Å². The van der Waals surface area contributed by atoms with E-state index in [0.717, 1.165) is 53.1 Å². The van der Waals surface area contributed by atoms with Crippen LogP contribution in [-0.2, 0) is 21.4 Å². The van der Waals surface area contributed by atoms with Crippen LogP contribution in [0.3, 0.4) is 0 Å². The monoisotopic (exact) mass is 465 g/mol. The van der Waals surface area contributed by atoms with Gasteiger partial charge in [-0.25, -0.2) is 17.2 Å². The topological polar surface area (TPSA) is 69.7 Å². The molecule has 3 rings (SSSR count). The lowest BCUT2D eigenvalue weighted by Crippen LogP contribution is -2.47. The molecule has 174 valence electrons. The molecular weight excluding hydrogens is 436 g/mol. The summed E-state index contributed by atoms with van der Waals surface area (Å²) in [5.74, 6) is -2.17. The number of carbonyl (C=O) groups excluding carboxylic acids is 1. The lowest BCUT2D eigenvalue weighted by Gasteiger charge is -2.32. The summed E-state index contributed by atoms with van der Waals surface area (Å²) in [6, 6.07) is 9.48. The third kappa shape index (κ3) is 5.76. The number of anilines is 2. The van der Waals surface area contributed by atoms with Crippen molar-refractivity contribution in [1.82, 2.24) is 5.32 Å². The third-order valence-corrected chi connectivity index (χ3v) is 6.91. The smallest absolute Gasteiger partial charge is 0.243 e. The van der Waals surface area contributed by atoms with E-state index in [1.54, 1.807) is 0 Å². The standard InChI is InChI=1S/C23H29F2N3O3S/c1-16-5-4-12-27(15-16)19-8-6-18(7-9-19)14-26-23(29)17(2)28(32(3,30)31)20-10-11-21(24)22(25)13-20/h6-11,13,16-17H,4-5,12,14-15H2,1-3H3,(H,26,29)/t16-,17+/m0/s1. The first-order chi connectivity index (χ1) is 15.1. The molecule has 1 N–H and O–H groups in total. The van der Waals surface area contributed by atoms with Crippen LogP contribution in [0.5, 0.6) is 0 Å². The van der Waals surface area contributed by atoms with Gasteiger partial charge in [0.05, 0.1) is 11.9 Å². The molecule has 1 aliphatic rings. The van der Waals surface area contributed by atoms with Crippen LogP contribution in [0.4, 0.5) is 20.2 Å². The Balaban J connectivity index is 1.66. The number of benzene rings is 2. The fourth-order valence-electron chi connectivity index (χ4n) is 4.02. The molecular formula is C23H29F2N3O3S. The second kappa shape index (κ2) is 9.85. The van der Waals surface area contributed by atoms with Crippen LogP contribution in [0.25, 0.3) is 0 Å². The van der Waals surface area contributed by atoms with Crippen molar-refractivity contribution in [2.24, 2.45) is 5.92 Å². The van der Waals surface area contributed by atoms with Crippen molar-refractivity contribution in [2.75, 3.05) is 28.6 Å². The summed E-state index contributed by atoms with van der Waals surface area (Å²) in [7, 11) is -3.92. The van der Waals surface area contributed by atoms with Crippen LogP contribution in [0.1, 0.15) is 32.3 Å². The molecule has 1 amide bonds. The second-order valence-electron chi connectivity index (χ2n) is 8.41. The fraction of sp³-hybridized carbons (Fsp3) is 0.435. The molecule has 2 aromatic carbocycles. The zero-order valence-electron chi connectivity index (χ0n) is 18.5. The molecule has 6 nitrogen and oxygen atoms in total. The average Bonchev–Trinajstić information content (AvgIpc) is 2.74. The van der Waals surface area contributed by atoms with E-state index in [0.29, 0.717) is 5.92 Å². The molecule has 1 saturated heterocycles. The summed E-state index contributed by atoms with van der Waals surface area (Å²) in [5.41, 5.74) is 1.90. The fourth-order valence-corrected chi connectivity index (χ4v) is 5.18. The quantitative estimate of drug-likeness (QED) is 0.678. The minimum absolute atomic E-state index is 0.117. The van der Waals surface area contributed by atoms with Crippen LogP contribution in [0.15, 0.2) is 42.5 Å². The minimum Gasteiger partial charge on any atom is -0.371 e. The first kappa shape index (κ1) is 24.0. The van der Waals surface area contributed by atoms with E-state index in [2.05, 4.69) is 17.1 Å². The van der Waals surface area contributed by atoms with E-state index in [4.69, 9.17) is 0 Å². The van der Waals surface area contributed by atoms with Gasteiger partial charge in [0.15, 0.2) is 11.6 Å². The number of amides is 1. The maximum absolute atomic E-state index is 13.6. The van der Waals surface area contributed by atoms with E-state index in [1.165, 1.54) is 19.8 Å². The van der Waals surface area contributed by atoms with E-state index in [-0.39, 0.29) is 12.2 Å². The van der Waals surface area contributed by atoms with E-state index >= 15 is 0 Å². The zero-order valence-corrected chi connectivity index (χ0v) is 19.3. The van der Waals surface area contributed by atoms with Gasteiger partial charge in [-0.2, -0.15) is 0 Å². The number of hydrogen-bond acceptors (Lipinski definition) is 4. The molecule has 0 spiro atoms. The number of piperidine rings is 1.